The number of rotatable bonds is 21. The van der Waals surface area contributed by atoms with Crippen LogP contribution >= 0.6 is 0 Å². The van der Waals surface area contributed by atoms with Crippen LogP contribution in [0.2, 0.25) is 0 Å². The summed E-state index contributed by atoms with van der Waals surface area (Å²) >= 11 is 0. The van der Waals surface area contributed by atoms with Crippen molar-refractivity contribution < 1.29 is 52.7 Å². The molecule has 0 spiro atoms. The Morgan fingerprint density at radius 2 is 1.73 bits per heavy atom. The molecule has 6 unspecified atom stereocenters. The second-order valence-electron chi connectivity index (χ2n) is 15.3. The summed E-state index contributed by atoms with van der Waals surface area (Å²) in [6, 6.07) is 15.8. The van der Waals surface area contributed by atoms with E-state index in [9.17, 15) is 24.2 Å². The number of aldehydes is 1. The highest BCUT2D eigenvalue weighted by Gasteiger charge is 2.65. The molecule has 0 bridgehead atoms. The lowest BCUT2D eigenvalue weighted by atomic mass is 9.55. The molecule has 2 N–H and O–H groups in total. The van der Waals surface area contributed by atoms with Gasteiger partial charge in [-0.3, -0.25) is 9.69 Å². The molecule has 3 aliphatic rings. The van der Waals surface area contributed by atoms with Gasteiger partial charge in [-0.25, -0.2) is 9.18 Å². The first-order valence-corrected chi connectivity index (χ1v) is 20.9. The van der Waals surface area contributed by atoms with Crippen molar-refractivity contribution in [3.8, 4) is 23.0 Å². The zero-order chi connectivity index (χ0) is 42.6. The summed E-state index contributed by atoms with van der Waals surface area (Å²) in [7, 11) is 1.50. The van der Waals surface area contributed by atoms with Crippen molar-refractivity contribution in [2.45, 2.75) is 83.1 Å². The fourth-order valence-electron chi connectivity index (χ4n) is 9.15. The van der Waals surface area contributed by atoms with E-state index in [0.29, 0.717) is 59.3 Å². The SMILES string of the molecule is C=CCOC12Oc3ccc(Oc4ccc(OC)c(C=O)c4)cc3C3C(CCCCO)C(CCCCO)C=C(C(=NOCC)CC1N(Cc1ccc(F)cc1)C(=O)OCC)C32. The van der Waals surface area contributed by atoms with Crippen LogP contribution in [0.3, 0.4) is 0 Å². The van der Waals surface area contributed by atoms with Gasteiger partial charge >= 0.3 is 6.09 Å². The number of unbranched alkanes of at least 4 members (excludes halogenated alkanes) is 2. The van der Waals surface area contributed by atoms with Crippen molar-refractivity contribution in [2.24, 2.45) is 22.9 Å². The molecule has 1 aliphatic heterocycles. The van der Waals surface area contributed by atoms with Crippen LogP contribution in [0, 0.1) is 23.6 Å². The van der Waals surface area contributed by atoms with E-state index in [1.165, 1.54) is 19.2 Å². The molecule has 3 aromatic carbocycles. The summed E-state index contributed by atoms with van der Waals surface area (Å²) in [5.74, 6) is -0.833. The minimum absolute atomic E-state index is 0.0171. The van der Waals surface area contributed by atoms with Gasteiger partial charge in [0.15, 0.2) is 6.29 Å². The Kier molecular flexibility index (Phi) is 15.4. The van der Waals surface area contributed by atoms with Gasteiger partial charge in [0, 0.05) is 37.7 Å². The van der Waals surface area contributed by atoms with Gasteiger partial charge in [-0.05, 0) is 111 Å². The number of hydrogen-bond acceptors (Lipinski definition) is 11. The van der Waals surface area contributed by atoms with Crippen LogP contribution in [0.15, 0.2) is 90.1 Å². The number of fused-ring (bicyclic) bond motifs is 2. The summed E-state index contributed by atoms with van der Waals surface area (Å²) in [6.45, 7) is 8.28. The third-order valence-corrected chi connectivity index (χ3v) is 11.7. The maximum atomic E-state index is 14.3. The maximum absolute atomic E-state index is 14.3. The number of allylic oxidation sites excluding steroid dienone is 1. The average Bonchev–Trinajstić information content (AvgIpc) is 3.26. The van der Waals surface area contributed by atoms with Crippen LogP contribution in [0.25, 0.3) is 0 Å². The van der Waals surface area contributed by atoms with E-state index in [-0.39, 0.29) is 57.1 Å². The molecule has 1 saturated carbocycles. The third-order valence-electron chi connectivity index (χ3n) is 11.7. The number of oxime groups is 1. The Hall–Kier alpha value is -5.24. The molecular weight excluding hydrogens is 772 g/mol. The summed E-state index contributed by atoms with van der Waals surface area (Å²) in [4.78, 5) is 33.6. The zero-order valence-electron chi connectivity index (χ0n) is 34.7. The monoisotopic (exact) mass is 828 g/mol. The lowest BCUT2D eigenvalue weighted by Gasteiger charge is -2.59. The van der Waals surface area contributed by atoms with Gasteiger partial charge in [-0.2, -0.15) is 0 Å². The molecule has 0 aromatic heterocycles. The van der Waals surface area contributed by atoms with Crippen molar-refractivity contribution >= 4 is 18.1 Å². The second-order valence-corrected chi connectivity index (χ2v) is 15.3. The molecule has 1 heterocycles. The summed E-state index contributed by atoms with van der Waals surface area (Å²) < 4.78 is 45.9. The number of aliphatic hydroxyl groups excluding tert-OH is 2. The molecule has 6 rings (SSSR count). The number of benzene rings is 3. The molecule has 6 atom stereocenters. The van der Waals surface area contributed by atoms with Crippen LogP contribution < -0.4 is 14.2 Å². The smallest absolute Gasteiger partial charge is 0.410 e. The highest BCUT2D eigenvalue weighted by Crippen LogP contribution is 2.62. The first-order valence-electron chi connectivity index (χ1n) is 20.9. The van der Waals surface area contributed by atoms with Gasteiger partial charge in [0.25, 0.3) is 0 Å². The van der Waals surface area contributed by atoms with Crippen LogP contribution in [-0.2, 0) is 20.9 Å². The topological polar surface area (TPSA) is 146 Å². The van der Waals surface area contributed by atoms with E-state index in [0.717, 1.165) is 43.1 Å². The molecular formula is C47H57FN2O10. The first-order chi connectivity index (χ1) is 29.2. The Morgan fingerprint density at radius 1 is 1.00 bits per heavy atom. The average molecular weight is 829 g/mol. The van der Waals surface area contributed by atoms with Crippen molar-refractivity contribution in [3.05, 3.63) is 107 Å². The third kappa shape index (κ3) is 9.53. The summed E-state index contributed by atoms with van der Waals surface area (Å²) in [5.41, 5.74) is 3.41. The molecule has 1 amide bonds. The molecule has 1 fully saturated rings. The molecule has 2 aliphatic carbocycles. The number of aliphatic hydroxyl groups is 2. The van der Waals surface area contributed by atoms with Crippen LogP contribution in [0.5, 0.6) is 23.0 Å². The highest BCUT2D eigenvalue weighted by molar-refractivity contribution is 6.03. The number of methoxy groups -OCH3 is 1. The van der Waals surface area contributed by atoms with E-state index in [4.69, 9.17) is 33.7 Å². The number of carbonyl (C=O) groups is 2. The summed E-state index contributed by atoms with van der Waals surface area (Å²) in [5, 5.41) is 24.5. The van der Waals surface area contributed by atoms with Crippen molar-refractivity contribution in [1.82, 2.24) is 4.90 Å². The lowest BCUT2D eigenvalue weighted by molar-refractivity contribution is -0.256. The van der Waals surface area contributed by atoms with Gasteiger partial charge in [-0.1, -0.05) is 42.3 Å². The van der Waals surface area contributed by atoms with E-state index in [1.807, 2.05) is 19.1 Å². The van der Waals surface area contributed by atoms with Crippen molar-refractivity contribution in [2.75, 3.05) is 40.1 Å². The predicted molar refractivity (Wildman–Crippen MR) is 224 cm³/mol. The summed E-state index contributed by atoms with van der Waals surface area (Å²) in [6.07, 6.45) is 8.55. The van der Waals surface area contributed by atoms with Gasteiger partial charge in [0.05, 0.1) is 37.5 Å². The number of carbonyl (C=O) groups excluding carboxylic acids is 2. The lowest BCUT2D eigenvalue weighted by Crippen LogP contribution is -2.70. The molecule has 60 heavy (non-hydrogen) atoms. The van der Waals surface area contributed by atoms with Crippen molar-refractivity contribution in [1.29, 1.82) is 0 Å². The molecule has 0 saturated heterocycles. The predicted octanol–water partition coefficient (Wildman–Crippen LogP) is 8.75. The molecule has 3 aromatic rings. The standard InChI is InChI=1S/C47H57FN2O10/c1-5-24-57-47-43(50(46(54)56-6-2)29-31-14-16-34(48)17-15-31)28-40(49-58-7-3)38-26-32(12-8-10-22-51)37(13-9-11-23-52)44(45(38)47)39-27-36(19-21-42(39)60-47)59-35-18-20-41(55-4)33(25-35)30-53/h5,14-21,25-27,30,32,37,43-45,51-52H,1,6-13,22-24,28-29H2,2-4H3. The normalized spacial score (nSPS) is 23.3. The van der Waals surface area contributed by atoms with E-state index < -0.39 is 29.7 Å². The van der Waals surface area contributed by atoms with Gasteiger partial charge in [0.2, 0.25) is 5.79 Å². The van der Waals surface area contributed by atoms with Crippen molar-refractivity contribution in [3.63, 3.8) is 0 Å². The minimum atomic E-state index is -1.52. The molecule has 13 heteroatoms. The van der Waals surface area contributed by atoms with E-state index >= 15 is 0 Å². The van der Waals surface area contributed by atoms with Crippen LogP contribution in [0.4, 0.5) is 9.18 Å². The number of nitrogens with zero attached hydrogens (tertiary/aromatic N) is 2. The van der Waals surface area contributed by atoms with Crippen LogP contribution in [0.1, 0.15) is 86.2 Å². The number of amides is 1. The number of hydrogen-bond donors (Lipinski definition) is 2. The molecule has 12 nitrogen and oxygen atoms in total. The highest BCUT2D eigenvalue weighted by atomic mass is 19.1. The number of ether oxygens (including phenoxy) is 5. The Labute approximate surface area is 351 Å². The quantitative estimate of drug-likeness (QED) is 0.0463. The van der Waals surface area contributed by atoms with Gasteiger partial charge in [0.1, 0.15) is 41.5 Å². The Balaban J connectivity index is 1.59. The first kappa shape index (κ1) is 44.3. The van der Waals surface area contributed by atoms with E-state index in [1.54, 1.807) is 54.3 Å². The second kappa shape index (κ2) is 20.8. The van der Waals surface area contributed by atoms with Gasteiger partial charge < -0.3 is 38.7 Å². The fourth-order valence-corrected chi connectivity index (χ4v) is 9.15. The fraction of sp³-hybridized carbons (Fsp3) is 0.468. The zero-order valence-corrected chi connectivity index (χ0v) is 34.7. The van der Waals surface area contributed by atoms with Gasteiger partial charge in [-0.15, -0.1) is 6.58 Å². The molecule has 322 valence electrons. The minimum Gasteiger partial charge on any atom is -0.496 e. The molecule has 0 radical (unpaired) electrons. The number of halogens is 1. The van der Waals surface area contributed by atoms with Crippen LogP contribution in [-0.4, -0.2) is 85.2 Å². The Bertz CT molecular complexity index is 2000. The largest absolute Gasteiger partial charge is 0.496 e. The Morgan fingerprint density at radius 3 is 2.42 bits per heavy atom. The van der Waals surface area contributed by atoms with E-state index in [2.05, 4.69) is 12.7 Å². The maximum Gasteiger partial charge on any atom is 0.410 e.